The molecule has 0 saturated heterocycles. The van der Waals surface area contributed by atoms with Gasteiger partial charge in [0.15, 0.2) is 0 Å². The van der Waals surface area contributed by atoms with E-state index in [1.54, 1.807) is 0 Å². The maximum absolute atomic E-state index is 3.32. The van der Waals surface area contributed by atoms with Crippen LogP contribution >= 0.6 is 0 Å². The quantitative estimate of drug-likeness (QED) is 0.290. The van der Waals surface area contributed by atoms with Crippen LogP contribution in [0.4, 0.5) is 0 Å². The third-order valence-corrected chi connectivity index (χ3v) is 4.75. The van der Waals surface area contributed by atoms with Crippen LogP contribution in [0.2, 0.25) is 0 Å². The Labute approximate surface area is 146 Å². The lowest BCUT2D eigenvalue weighted by Gasteiger charge is -2.05. The first kappa shape index (κ1) is 20.3. The van der Waals surface area contributed by atoms with Crippen LogP contribution < -0.4 is 0 Å². The Kier molecular flexibility index (Phi) is 13.0. The van der Waals surface area contributed by atoms with Gasteiger partial charge in [0.1, 0.15) is 0 Å². The molecule has 0 atom stereocenters. The summed E-state index contributed by atoms with van der Waals surface area (Å²) < 4.78 is 0. The van der Waals surface area contributed by atoms with E-state index in [4.69, 9.17) is 0 Å². The first-order valence-electron chi connectivity index (χ1n) is 10.2. The summed E-state index contributed by atoms with van der Waals surface area (Å²) in [5, 5.41) is 0. The van der Waals surface area contributed by atoms with E-state index in [0.717, 1.165) is 5.92 Å². The van der Waals surface area contributed by atoms with Gasteiger partial charge in [0.2, 0.25) is 0 Å². The molecule has 0 spiro atoms. The molecule has 131 valence electrons. The van der Waals surface area contributed by atoms with Crippen molar-refractivity contribution in [3.05, 3.63) is 35.9 Å². The second kappa shape index (κ2) is 14.8. The minimum atomic E-state index is 0.890. The van der Waals surface area contributed by atoms with Gasteiger partial charge in [0, 0.05) is 0 Å². The molecule has 0 aliphatic heterocycles. The van der Waals surface area contributed by atoms with E-state index in [0.29, 0.717) is 0 Å². The van der Waals surface area contributed by atoms with Crippen molar-refractivity contribution in [3.63, 3.8) is 0 Å². The number of aryl methyl sites for hydroxylation is 1. The van der Waals surface area contributed by atoms with Gasteiger partial charge in [-0.25, -0.2) is 0 Å². The number of hydrogen-bond donors (Lipinski definition) is 0. The maximum Gasteiger partial charge on any atom is -0.0149 e. The van der Waals surface area contributed by atoms with E-state index in [1.165, 1.54) is 95.5 Å². The molecule has 0 aliphatic carbocycles. The summed E-state index contributed by atoms with van der Waals surface area (Å²) in [7, 11) is 0. The molecule has 0 bridgehead atoms. The SMILES string of the molecule is CC(C)CCCCCCCCCCCCCCc1[c]cccc1. The fraction of sp³-hybridized carbons (Fsp3) is 0.739. The largest absolute Gasteiger partial charge is 0.0628 e. The van der Waals surface area contributed by atoms with Gasteiger partial charge in [0.05, 0.1) is 0 Å². The highest BCUT2D eigenvalue weighted by molar-refractivity contribution is 5.12. The third kappa shape index (κ3) is 13.4. The van der Waals surface area contributed by atoms with Crippen molar-refractivity contribution in [1.29, 1.82) is 0 Å². The van der Waals surface area contributed by atoms with E-state index >= 15 is 0 Å². The normalized spacial score (nSPS) is 11.3. The molecule has 0 aliphatic rings. The molecule has 0 heterocycles. The highest BCUT2D eigenvalue weighted by Gasteiger charge is 1.96. The standard InChI is InChI=1S/C23H39/c1-22(2)18-14-11-9-7-5-3-4-6-8-10-12-15-19-23-20-16-13-17-21-23/h13,16-17,20,22H,3-12,14-15,18-19H2,1-2H3. The van der Waals surface area contributed by atoms with Gasteiger partial charge >= 0.3 is 0 Å². The summed E-state index contributed by atoms with van der Waals surface area (Å²) in [6.07, 6.45) is 19.9. The number of unbranched alkanes of at least 4 members (excludes halogenated alkanes) is 11. The van der Waals surface area contributed by atoms with Gasteiger partial charge in [-0.3, -0.25) is 0 Å². The van der Waals surface area contributed by atoms with Crippen LogP contribution in [0.3, 0.4) is 0 Å². The van der Waals surface area contributed by atoms with Crippen LogP contribution in [0, 0.1) is 12.0 Å². The van der Waals surface area contributed by atoms with Gasteiger partial charge < -0.3 is 0 Å². The Balaban J connectivity index is 1.73. The minimum absolute atomic E-state index is 0.890. The van der Waals surface area contributed by atoms with Crippen LogP contribution in [0.25, 0.3) is 0 Å². The van der Waals surface area contributed by atoms with Gasteiger partial charge in [0.25, 0.3) is 0 Å². The Morgan fingerprint density at radius 2 is 1.22 bits per heavy atom. The van der Waals surface area contributed by atoms with E-state index < -0.39 is 0 Å². The van der Waals surface area contributed by atoms with Gasteiger partial charge in [-0.05, 0) is 30.4 Å². The van der Waals surface area contributed by atoms with Crippen molar-refractivity contribution in [1.82, 2.24) is 0 Å². The summed E-state index contributed by atoms with van der Waals surface area (Å²) in [6, 6.07) is 11.7. The van der Waals surface area contributed by atoms with Crippen LogP contribution in [-0.4, -0.2) is 0 Å². The average Bonchev–Trinajstić information content (AvgIpc) is 2.56. The van der Waals surface area contributed by atoms with E-state index in [1.807, 2.05) is 6.07 Å². The predicted octanol–water partition coefficient (Wildman–Crippen LogP) is 7.76. The molecule has 1 rings (SSSR count). The molecule has 1 aromatic carbocycles. The fourth-order valence-corrected chi connectivity index (χ4v) is 3.22. The highest BCUT2D eigenvalue weighted by atomic mass is 14.0. The molecular weight excluding hydrogens is 276 g/mol. The van der Waals surface area contributed by atoms with Crippen molar-refractivity contribution in [2.45, 2.75) is 104 Å². The van der Waals surface area contributed by atoms with Gasteiger partial charge in [-0.15, -0.1) is 0 Å². The maximum atomic E-state index is 3.32. The van der Waals surface area contributed by atoms with Crippen LogP contribution in [0.5, 0.6) is 0 Å². The zero-order valence-electron chi connectivity index (χ0n) is 15.8. The van der Waals surface area contributed by atoms with Crippen LogP contribution in [0.15, 0.2) is 24.3 Å². The monoisotopic (exact) mass is 315 g/mol. The number of hydrogen-bond acceptors (Lipinski definition) is 0. The molecule has 0 fully saturated rings. The molecular formula is C23H39. The van der Waals surface area contributed by atoms with Crippen molar-refractivity contribution < 1.29 is 0 Å². The van der Waals surface area contributed by atoms with Crippen molar-refractivity contribution in [2.24, 2.45) is 5.92 Å². The zero-order valence-corrected chi connectivity index (χ0v) is 15.8. The predicted molar refractivity (Wildman–Crippen MR) is 104 cm³/mol. The van der Waals surface area contributed by atoms with Crippen LogP contribution in [-0.2, 0) is 6.42 Å². The zero-order chi connectivity index (χ0) is 16.6. The van der Waals surface area contributed by atoms with Crippen molar-refractivity contribution in [3.8, 4) is 0 Å². The summed E-state index contributed by atoms with van der Waals surface area (Å²) in [5.41, 5.74) is 1.38. The smallest absolute Gasteiger partial charge is 0.0149 e. The molecule has 0 unspecified atom stereocenters. The van der Waals surface area contributed by atoms with Gasteiger partial charge in [-0.1, -0.05) is 115 Å². The summed E-state index contributed by atoms with van der Waals surface area (Å²) in [5.74, 6) is 0.890. The third-order valence-electron chi connectivity index (χ3n) is 4.75. The summed E-state index contributed by atoms with van der Waals surface area (Å²) in [6.45, 7) is 4.67. The Bertz CT molecular complexity index is 338. The van der Waals surface area contributed by atoms with E-state index in [9.17, 15) is 0 Å². The highest BCUT2D eigenvalue weighted by Crippen LogP contribution is 2.14. The second-order valence-electron chi connectivity index (χ2n) is 7.56. The molecule has 23 heavy (non-hydrogen) atoms. The summed E-state index contributed by atoms with van der Waals surface area (Å²) >= 11 is 0. The molecule has 0 heteroatoms. The Morgan fingerprint density at radius 1 is 0.696 bits per heavy atom. The molecule has 0 nitrogen and oxygen atoms in total. The first-order valence-corrected chi connectivity index (χ1v) is 10.2. The lowest BCUT2D eigenvalue weighted by Crippen LogP contribution is -1.87. The van der Waals surface area contributed by atoms with E-state index in [-0.39, 0.29) is 0 Å². The lowest BCUT2D eigenvalue weighted by molar-refractivity contribution is 0.503. The summed E-state index contributed by atoms with van der Waals surface area (Å²) in [4.78, 5) is 0. The number of benzene rings is 1. The van der Waals surface area contributed by atoms with Crippen molar-refractivity contribution >= 4 is 0 Å². The molecule has 1 radical (unpaired) electrons. The average molecular weight is 316 g/mol. The molecule has 0 amide bonds. The molecule has 0 saturated carbocycles. The molecule has 1 aromatic rings. The Hall–Kier alpha value is -0.780. The Morgan fingerprint density at radius 3 is 1.70 bits per heavy atom. The second-order valence-corrected chi connectivity index (χ2v) is 7.56. The topological polar surface area (TPSA) is 0 Å². The fourth-order valence-electron chi connectivity index (χ4n) is 3.22. The van der Waals surface area contributed by atoms with Gasteiger partial charge in [-0.2, -0.15) is 0 Å². The van der Waals surface area contributed by atoms with Crippen LogP contribution in [0.1, 0.15) is 103 Å². The molecule has 0 aromatic heterocycles. The van der Waals surface area contributed by atoms with Crippen molar-refractivity contribution in [2.75, 3.05) is 0 Å². The molecule has 0 N–H and O–H groups in total. The first-order chi connectivity index (χ1) is 11.3. The lowest BCUT2D eigenvalue weighted by atomic mass is 10.0. The number of rotatable bonds is 15. The van der Waals surface area contributed by atoms with E-state index in [2.05, 4.69) is 38.1 Å². The minimum Gasteiger partial charge on any atom is -0.0628 e.